The zero-order valence-corrected chi connectivity index (χ0v) is 16.4. The minimum absolute atomic E-state index is 0.323. The van der Waals surface area contributed by atoms with Crippen LogP contribution in [-0.2, 0) is 9.47 Å². The van der Waals surface area contributed by atoms with E-state index < -0.39 is 86.6 Å². The Kier molecular flexibility index (Phi) is 7.49. The fourth-order valence-electron chi connectivity index (χ4n) is 3.76. The Morgan fingerprint density at radius 2 is 1.29 bits per heavy atom. The van der Waals surface area contributed by atoms with E-state index in [4.69, 9.17) is 4.74 Å². The molecule has 0 saturated carbocycles. The van der Waals surface area contributed by atoms with E-state index in [1.54, 1.807) is 0 Å². The van der Waals surface area contributed by atoms with Crippen molar-refractivity contribution in [2.75, 3.05) is 13.1 Å². The van der Waals surface area contributed by atoms with Gasteiger partial charge in [0.25, 0.3) is 12.1 Å². The van der Waals surface area contributed by atoms with E-state index in [1.165, 1.54) is 6.92 Å². The monoisotopic (exact) mass is 481 g/mol. The van der Waals surface area contributed by atoms with Gasteiger partial charge in [0.05, 0.1) is 12.1 Å². The molecule has 6 atom stereocenters. The van der Waals surface area contributed by atoms with Gasteiger partial charge in [-0.05, 0) is 33.1 Å². The predicted octanol–water partition coefficient (Wildman–Crippen LogP) is 5.14. The van der Waals surface area contributed by atoms with E-state index in [2.05, 4.69) is 4.74 Å². The molecule has 0 N–H and O–H groups in total. The van der Waals surface area contributed by atoms with E-state index in [9.17, 15) is 48.3 Å². The summed E-state index contributed by atoms with van der Waals surface area (Å²) in [5.74, 6) is -9.11. The molecule has 2 heterocycles. The van der Waals surface area contributed by atoms with Gasteiger partial charge in [-0.2, -0.15) is 26.3 Å². The molecule has 0 spiro atoms. The van der Waals surface area contributed by atoms with Gasteiger partial charge in [-0.25, -0.2) is 22.0 Å². The first-order chi connectivity index (χ1) is 13.9. The first-order valence-corrected chi connectivity index (χ1v) is 9.46. The molecule has 0 aliphatic carbocycles. The maximum absolute atomic E-state index is 15.0. The van der Waals surface area contributed by atoms with Crippen molar-refractivity contribution in [1.29, 1.82) is 0 Å². The molecule has 31 heavy (non-hydrogen) atoms. The molecule has 2 fully saturated rings. The van der Waals surface area contributed by atoms with Gasteiger partial charge in [0, 0.05) is 13.1 Å². The summed E-state index contributed by atoms with van der Waals surface area (Å²) in [6, 6.07) is -1.94. The summed E-state index contributed by atoms with van der Waals surface area (Å²) in [5.41, 5.74) is 0. The summed E-state index contributed by atoms with van der Waals surface area (Å²) in [5, 5.41) is 0. The number of hydrogen-bond donors (Lipinski definition) is 0. The zero-order chi connectivity index (χ0) is 24.0. The number of alkyl halides is 11. The maximum atomic E-state index is 15.0. The molecule has 184 valence electrons. The lowest BCUT2D eigenvalue weighted by Crippen LogP contribution is -2.62. The lowest BCUT2D eigenvalue weighted by molar-refractivity contribution is -0.302. The third-order valence-electron chi connectivity index (χ3n) is 5.50. The van der Waals surface area contributed by atoms with E-state index in [0.29, 0.717) is 0 Å². The lowest BCUT2D eigenvalue weighted by Gasteiger charge is -2.46. The zero-order valence-electron chi connectivity index (χ0n) is 16.4. The Morgan fingerprint density at radius 3 is 1.77 bits per heavy atom. The van der Waals surface area contributed by atoms with E-state index >= 15 is 0 Å². The molecule has 0 bridgehead atoms. The number of rotatable bonds is 5. The number of ether oxygens (including phenoxy) is 2. The van der Waals surface area contributed by atoms with E-state index in [-0.39, 0.29) is 6.54 Å². The highest BCUT2D eigenvalue weighted by atomic mass is 19.4. The van der Waals surface area contributed by atoms with Crippen molar-refractivity contribution >= 4 is 0 Å². The van der Waals surface area contributed by atoms with Gasteiger partial charge in [-0.15, -0.1) is 0 Å². The molecule has 6 unspecified atom stereocenters. The molecule has 0 radical (unpaired) electrons. The lowest BCUT2D eigenvalue weighted by atomic mass is 9.91. The largest absolute Gasteiger partial charge is 0.425 e. The Bertz CT molecular complexity index is 610. The van der Waals surface area contributed by atoms with Crippen LogP contribution in [0, 0.1) is 0 Å². The van der Waals surface area contributed by atoms with Crippen molar-refractivity contribution in [3.8, 4) is 0 Å². The van der Waals surface area contributed by atoms with Crippen molar-refractivity contribution in [3.05, 3.63) is 0 Å². The van der Waals surface area contributed by atoms with E-state index in [1.807, 2.05) is 0 Å². The fourth-order valence-corrected chi connectivity index (χ4v) is 3.76. The smallest absolute Gasteiger partial charge is 0.363 e. The molecule has 2 saturated heterocycles. The van der Waals surface area contributed by atoms with Crippen LogP contribution in [0.1, 0.15) is 33.1 Å². The Morgan fingerprint density at radius 1 is 0.774 bits per heavy atom. The SMILES string of the molecule is CC1CN(C(C)C(F)(F)C2CCCC(C(F)(F)C(F)C(F)(F)F)O2)CC(C(F)(F)F)O1. The molecule has 14 heteroatoms. The third-order valence-corrected chi connectivity index (χ3v) is 5.50. The number of halogens is 11. The minimum Gasteiger partial charge on any atom is -0.363 e. The third kappa shape index (κ3) is 5.73. The van der Waals surface area contributed by atoms with Gasteiger partial charge in [0.15, 0.2) is 6.10 Å². The van der Waals surface area contributed by atoms with Gasteiger partial charge in [0.2, 0.25) is 0 Å². The summed E-state index contributed by atoms with van der Waals surface area (Å²) in [6.07, 6.45) is -25.6. The fraction of sp³-hybridized carbons (Fsp3) is 1.00. The molecular weight excluding hydrogens is 459 g/mol. The van der Waals surface area contributed by atoms with Crippen molar-refractivity contribution in [3.63, 3.8) is 0 Å². The average Bonchev–Trinajstić information content (AvgIpc) is 2.64. The highest BCUT2D eigenvalue weighted by molar-refractivity contribution is 4.98. The van der Waals surface area contributed by atoms with Crippen molar-refractivity contribution in [2.45, 2.75) is 93.9 Å². The predicted molar refractivity (Wildman–Crippen MR) is 84.8 cm³/mol. The van der Waals surface area contributed by atoms with Crippen LogP contribution in [0.25, 0.3) is 0 Å². The summed E-state index contributed by atoms with van der Waals surface area (Å²) in [6.45, 7) is 0.833. The molecule has 0 aromatic rings. The molecule has 0 aromatic heterocycles. The number of morpholine rings is 1. The van der Waals surface area contributed by atoms with Crippen molar-refractivity contribution in [2.24, 2.45) is 0 Å². The summed E-state index contributed by atoms with van der Waals surface area (Å²) < 4.78 is 157. The molecule has 2 rings (SSSR count). The van der Waals surface area contributed by atoms with Crippen LogP contribution in [0.3, 0.4) is 0 Å². The summed E-state index contributed by atoms with van der Waals surface area (Å²) >= 11 is 0. The minimum atomic E-state index is -5.92. The molecule has 0 amide bonds. The normalized spacial score (nSPS) is 32.0. The summed E-state index contributed by atoms with van der Waals surface area (Å²) in [4.78, 5) is 0.769. The second-order valence-corrected chi connectivity index (χ2v) is 7.90. The van der Waals surface area contributed by atoms with Crippen LogP contribution < -0.4 is 0 Å². The molecule has 3 nitrogen and oxygen atoms in total. The van der Waals surface area contributed by atoms with Crippen LogP contribution in [0.5, 0.6) is 0 Å². The van der Waals surface area contributed by atoms with Crippen LogP contribution in [0.15, 0.2) is 0 Å². The summed E-state index contributed by atoms with van der Waals surface area (Å²) in [7, 11) is 0. The second kappa shape index (κ2) is 8.81. The average molecular weight is 481 g/mol. The second-order valence-electron chi connectivity index (χ2n) is 7.90. The van der Waals surface area contributed by atoms with Gasteiger partial charge < -0.3 is 9.47 Å². The highest BCUT2D eigenvalue weighted by Crippen LogP contribution is 2.44. The van der Waals surface area contributed by atoms with Crippen LogP contribution >= 0.6 is 0 Å². The first-order valence-electron chi connectivity index (χ1n) is 9.46. The molecule has 2 aliphatic rings. The molecule has 0 aromatic carbocycles. The quantitative estimate of drug-likeness (QED) is 0.508. The van der Waals surface area contributed by atoms with Gasteiger partial charge in [-0.1, -0.05) is 0 Å². The van der Waals surface area contributed by atoms with Crippen LogP contribution in [0.2, 0.25) is 0 Å². The van der Waals surface area contributed by atoms with Crippen LogP contribution in [-0.4, -0.2) is 78.8 Å². The van der Waals surface area contributed by atoms with Crippen LogP contribution in [0.4, 0.5) is 48.3 Å². The Labute approximate surface area is 170 Å². The highest BCUT2D eigenvalue weighted by Gasteiger charge is 2.63. The van der Waals surface area contributed by atoms with Crippen molar-refractivity contribution < 1.29 is 57.8 Å². The standard InChI is InChI=1S/C17H22F11NO2/c1-8-6-29(7-12(30-8)16(23,24)25)9(2)14(19,20)10-4-3-5-11(31-10)15(21,22)13(18)17(26,27)28/h8-13H,3-7H2,1-2H3. The number of hydrogen-bond acceptors (Lipinski definition) is 3. The van der Waals surface area contributed by atoms with Gasteiger partial charge >= 0.3 is 18.3 Å². The molecular formula is C17H22F11NO2. The topological polar surface area (TPSA) is 21.7 Å². The first kappa shape index (κ1) is 26.4. The Balaban J connectivity index is 2.17. The molecule has 2 aliphatic heterocycles. The number of nitrogens with zero attached hydrogens (tertiary/aromatic N) is 1. The maximum Gasteiger partial charge on any atom is 0.425 e. The van der Waals surface area contributed by atoms with Gasteiger partial charge in [0.1, 0.15) is 12.2 Å². The van der Waals surface area contributed by atoms with E-state index in [0.717, 1.165) is 11.8 Å². The van der Waals surface area contributed by atoms with Gasteiger partial charge in [-0.3, -0.25) is 4.90 Å². The Hall–Kier alpha value is -0.890. The van der Waals surface area contributed by atoms with Crippen molar-refractivity contribution in [1.82, 2.24) is 4.90 Å².